The first kappa shape index (κ1) is 21.0. The van der Waals surface area contributed by atoms with Gasteiger partial charge < -0.3 is 14.3 Å². The summed E-state index contributed by atoms with van der Waals surface area (Å²) >= 11 is 5.66. The van der Waals surface area contributed by atoms with Gasteiger partial charge in [-0.05, 0) is 12.1 Å². The highest BCUT2D eigenvalue weighted by Crippen LogP contribution is 2.40. The SMILES string of the molecule is O=C(Nc1cc(-c2cnco2)c(=O)n(CC(F)F)c1)c1cc(Cl)c(C(F)(F)F)s1. The standard InChI is InChI=1S/C16H9ClF5N3O3S/c17-9-2-11(29-13(9)16(20,21)22)14(26)24-7-1-8(10-3-23-6-28-10)15(27)25(4-7)5-12(18)19/h1-4,6,12H,5H2,(H,24,26). The molecule has 0 spiro atoms. The summed E-state index contributed by atoms with van der Waals surface area (Å²) < 4.78 is 69.8. The number of hydrogen-bond donors (Lipinski definition) is 1. The lowest BCUT2D eigenvalue weighted by molar-refractivity contribution is -0.134. The van der Waals surface area contributed by atoms with Gasteiger partial charge in [-0.25, -0.2) is 13.8 Å². The Morgan fingerprint density at radius 2 is 2.07 bits per heavy atom. The van der Waals surface area contributed by atoms with Gasteiger partial charge in [0.1, 0.15) is 4.88 Å². The number of nitrogens with zero attached hydrogens (tertiary/aromatic N) is 2. The Hall–Kier alpha value is -2.73. The van der Waals surface area contributed by atoms with Crippen molar-refractivity contribution in [3.63, 3.8) is 0 Å². The van der Waals surface area contributed by atoms with Crippen LogP contribution in [0.4, 0.5) is 27.6 Å². The fraction of sp³-hybridized carbons (Fsp3) is 0.188. The van der Waals surface area contributed by atoms with Crippen LogP contribution >= 0.6 is 22.9 Å². The predicted molar refractivity (Wildman–Crippen MR) is 94.5 cm³/mol. The topological polar surface area (TPSA) is 77.1 Å². The number of halogens is 6. The maximum atomic E-state index is 12.9. The van der Waals surface area contributed by atoms with Crippen LogP contribution in [-0.4, -0.2) is 21.9 Å². The number of hydrogen-bond acceptors (Lipinski definition) is 5. The second-order valence-corrected chi connectivity index (χ2v) is 7.06. The van der Waals surface area contributed by atoms with Crippen molar-refractivity contribution in [3.05, 3.63) is 56.1 Å². The molecule has 0 unspecified atom stereocenters. The van der Waals surface area contributed by atoms with Gasteiger partial charge in [-0.1, -0.05) is 11.6 Å². The van der Waals surface area contributed by atoms with E-state index in [1.165, 1.54) is 6.20 Å². The lowest BCUT2D eigenvalue weighted by Crippen LogP contribution is -2.25. The number of thiophene rings is 1. The lowest BCUT2D eigenvalue weighted by atomic mass is 10.2. The second-order valence-electron chi connectivity index (χ2n) is 5.60. The number of pyridine rings is 1. The molecule has 0 radical (unpaired) electrons. The number of oxazole rings is 1. The van der Waals surface area contributed by atoms with Crippen LogP contribution in [0.2, 0.25) is 5.02 Å². The van der Waals surface area contributed by atoms with Crippen molar-refractivity contribution in [1.29, 1.82) is 0 Å². The van der Waals surface area contributed by atoms with E-state index in [2.05, 4.69) is 10.3 Å². The highest BCUT2D eigenvalue weighted by Gasteiger charge is 2.36. The zero-order valence-corrected chi connectivity index (χ0v) is 15.5. The maximum Gasteiger partial charge on any atom is 0.427 e. The van der Waals surface area contributed by atoms with Crippen molar-refractivity contribution in [2.45, 2.75) is 19.1 Å². The summed E-state index contributed by atoms with van der Waals surface area (Å²) in [5.41, 5.74) is -1.10. The molecular formula is C16H9ClF5N3O3S. The molecule has 0 saturated carbocycles. The smallest absolute Gasteiger partial charge is 0.427 e. The van der Waals surface area contributed by atoms with Crippen molar-refractivity contribution in [2.75, 3.05) is 5.32 Å². The summed E-state index contributed by atoms with van der Waals surface area (Å²) in [6.07, 6.45) is -4.46. The van der Waals surface area contributed by atoms with Crippen molar-refractivity contribution in [3.8, 4) is 11.3 Å². The normalized spacial score (nSPS) is 11.8. The molecule has 0 saturated heterocycles. The van der Waals surface area contributed by atoms with Crippen LogP contribution in [0.15, 0.2) is 40.1 Å². The molecular weight excluding hydrogens is 445 g/mol. The van der Waals surface area contributed by atoms with Gasteiger partial charge in [-0.15, -0.1) is 11.3 Å². The van der Waals surface area contributed by atoms with E-state index in [1.54, 1.807) is 0 Å². The summed E-state index contributed by atoms with van der Waals surface area (Å²) in [6, 6.07) is 1.99. The summed E-state index contributed by atoms with van der Waals surface area (Å²) in [7, 11) is 0. The van der Waals surface area contributed by atoms with Crippen LogP contribution in [0.25, 0.3) is 11.3 Å². The first-order chi connectivity index (χ1) is 13.6. The van der Waals surface area contributed by atoms with E-state index >= 15 is 0 Å². The van der Waals surface area contributed by atoms with Gasteiger partial charge in [-0.3, -0.25) is 9.59 Å². The maximum absolute atomic E-state index is 12.9. The van der Waals surface area contributed by atoms with Crippen molar-refractivity contribution in [2.24, 2.45) is 0 Å². The van der Waals surface area contributed by atoms with Gasteiger partial charge in [-0.2, -0.15) is 13.2 Å². The number of rotatable bonds is 5. The van der Waals surface area contributed by atoms with Crippen LogP contribution in [-0.2, 0) is 12.7 Å². The Bertz CT molecular complexity index is 1090. The monoisotopic (exact) mass is 453 g/mol. The Kier molecular flexibility index (Phi) is 5.75. The van der Waals surface area contributed by atoms with Crippen molar-refractivity contribution < 1.29 is 31.2 Å². The number of aromatic nitrogens is 2. The Morgan fingerprint density at radius 1 is 1.34 bits per heavy atom. The molecule has 0 aromatic carbocycles. The number of amides is 1. The summed E-state index contributed by atoms with van der Waals surface area (Å²) in [5.74, 6) is -0.995. The van der Waals surface area contributed by atoms with E-state index in [-0.39, 0.29) is 33.2 Å². The van der Waals surface area contributed by atoms with E-state index in [9.17, 15) is 31.5 Å². The van der Waals surface area contributed by atoms with E-state index < -0.39 is 40.5 Å². The number of carbonyl (C=O) groups is 1. The number of nitrogens with one attached hydrogen (secondary N) is 1. The second kappa shape index (κ2) is 7.95. The molecule has 3 rings (SSSR count). The molecule has 1 amide bonds. The molecule has 0 atom stereocenters. The summed E-state index contributed by atoms with van der Waals surface area (Å²) in [4.78, 5) is 26.8. The third-order valence-electron chi connectivity index (χ3n) is 3.54. The van der Waals surface area contributed by atoms with Gasteiger partial charge >= 0.3 is 6.18 Å². The van der Waals surface area contributed by atoms with Gasteiger partial charge in [0.2, 0.25) is 0 Å². The average Bonchev–Trinajstić information content (AvgIpc) is 3.26. The molecule has 0 aliphatic rings. The van der Waals surface area contributed by atoms with Crippen LogP contribution < -0.4 is 10.9 Å². The van der Waals surface area contributed by atoms with Gasteiger partial charge in [0.05, 0.1) is 33.9 Å². The minimum atomic E-state index is -4.73. The Labute approximate surface area is 167 Å². The largest absolute Gasteiger partial charge is 0.443 e. The minimum Gasteiger partial charge on any atom is -0.443 e. The highest BCUT2D eigenvalue weighted by atomic mass is 35.5. The molecule has 0 bridgehead atoms. The predicted octanol–water partition coefficient (Wildman–Crippen LogP) is 4.75. The van der Waals surface area contributed by atoms with Crippen molar-refractivity contribution >= 4 is 34.5 Å². The molecule has 154 valence electrons. The zero-order chi connectivity index (χ0) is 21.3. The molecule has 3 aromatic heterocycles. The van der Waals surface area contributed by atoms with E-state index in [0.29, 0.717) is 4.57 Å². The lowest BCUT2D eigenvalue weighted by Gasteiger charge is -2.11. The molecule has 0 aliphatic heterocycles. The quantitative estimate of drug-likeness (QED) is 0.565. The molecule has 3 heterocycles. The fourth-order valence-corrected chi connectivity index (χ4v) is 3.59. The number of alkyl halides is 5. The van der Waals surface area contributed by atoms with Gasteiger partial charge in [0, 0.05) is 6.20 Å². The average molecular weight is 454 g/mol. The highest BCUT2D eigenvalue weighted by molar-refractivity contribution is 7.14. The number of carbonyl (C=O) groups excluding carboxylic acids is 1. The zero-order valence-electron chi connectivity index (χ0n) is 14.0. The van der Waals surface area contributed by atoms with Crippen LogP contribution in [0.1, 0.15) is 14.5 Å². The van der Waals surface area contributed by atoms with Crippen LogP contribution in [0.5, 0.6) is 0 Å². The molecule has 29 heavy (non-hydrogen) atoms. The van der Waals surface area contributed by atoms with Crippen LogP contribution in [0, 0.1) is 0 Å². The van der Waals surface area contributed by atoms with E-state index in [4.69, 9.17) is 16.0 Å². The number of anilines is 1. The van der Waals surface area contributed by atoms with E-state index in [0.717, 1.165) is 24.7 Å². The molecule has 6 nitrogen and oxygen atoms in total. The third kappa shape index (κ3) is 4.65. The van der Waals surface area contributed by atoms with Gasteiger partial charge in [0.15, 0.2) is 12.2 Å². The minimum absolute atomic E-state index is 0.0346. The molecule has 1 N–H and O–H groups in total. The summed E-state index contributed by atoms with van der Waals surface area (Å²) in [5, 5.41) is 1.63. The molecule has 13 heteroatoms. The molecule has 3 aromatic rings. The van der Waals surface area contributed by atoms with Crippen LogP contribution in [0.3, 0.4) is 0 Å². The fourth-order valence-electron chi connectivity index (χ4n) is 2.38. The van der Waals surface area contributed by atoms with E-state index in [1.807, 2.05) is 0 Å². The first-order valence-corrected chi connectivity index (χ1v) is 8.85. The Morgan fingerprint density at radius 3 is 2.62 bits per heavy atom. The van der Waals surface area contributed by atoms with Gasteiger partial charge in [0.25, 0.3) is 17.9 Å². The van der Waals surface area contributed by atoms with Crippen molar-refractivity contribution in [1.82, 2.24) is 9.55 Å². The first-order valence-electron chi connectivity index (χ1n) is 7.65. The molecule has 0 fully saturated rings. The molecule has 0 aliphatic carbocycles. The third-order valence-corrected chi connectivity index (χ3v) is 5.13. The Balaban J connectivity index is 1.97. The summed E-state index contributed by atoms with van der Waals surface area (Å²) in [6.45, 7) is -0.966.